The van der Waals surface area contributed by atoms with Crippen molar-refractivity contribution in [3.8, 4) is 11.1 Å². The first-order chi connectivity index (χ1) is 17.7. The summed E-state index contributed by atoms with van der Waals surface area (Å²) in [5, 5.41) is 4.65. The summed E-state index contributed by atoms with van der Waals surface area (Å²) in [6, 6.07) is 16.2. The van der Waals surface area contributed by atoms with Crippen molar-refractivity contribution >= 4 is 38.3 Å². The Morgan fingerprint density at radius 3 is 2.59 bits per heavy atom. The smallest absolute Gasteiger partial charge is 0.246 e. The average Bonchev–Trinajstić information content (AvgIpc) is 3.23. The Labute approximate surface area is 219 Å². The molecule has 1 fully saturated rings. The Morgan fingerprint density at radius 1 is 1.08 bits per heavy atom. The number of aryl methyl sites for hydroxylation is 1. The topological polar surface area (TPSA) is 88.2 Å². The molecule has 1 aliphatic rings. The number of benzene rings is 3. The van der Waals surface area contributed by atoms with Gasteiger partial charge in [0, 0.05) is 35.1 Å². The second-order valence-electron chi connectivity index (χ2n) is 9.15. The zero-order chi connectivity index (χ0) is 26.2. The van der Waals surface area contributed by atoms with E-state index in [1.807, 2.05) is 6.07 Å². The Morgan fingerprint density at radius 2 is 1.86 bits per heavy atom. The summed E-state index contributed by atoms with van der Waals surface area (Å²) in [4.78, 5) is 17.2. The van der Waals surface area contributed by atoms with Crippen LogP contribution in [0.25, 0.3) is 21.9 Å². The summed E-state index contributed by atoms with van der Waals surface area (Å²) in [7, 11) is -4.20. The minimum Gasteiger partial charge on any atom is -0.354 e. The van der Waals surface area contributed by atoms with Crippen LogP contribution in [0, 0.1) is 5.82 Å². The molecular formula is C28H25ClFN3O3S. The first-order valence-corrected chi connectivity index (χ1v) is 13.8. The molecule has 0 aliphatic carbocycles. The van der Waals surface area contributed by atoms with Gasteiger partial charge in [0.05, 0.1) is 4.90 Å². The molecule has 0 unspecified atom stereocenters. The molecule has 6 nitrogen and oxygen atoms in total. The number of carbonyl (C=O) groups is 1. The first-order valence-electron chi connectivity index (χ1n) is 12.0. The third-order valence-electron chi connectivity index (χ3n) is 6.74. The highest BCUT2D eigenvalue weighted by atomic mass is 35.5. The number of rotatable bonds is 7. The Hall–Kier alpha value is -3.33. The average molecular weight is 538 g/mol. The third-order valence-corrected chi connectivity index (χ3v) is 8.46. The van der Waals surface area contributed by atoms with Gasteiger partial charge < -0.3 is 5.32 Å². The molecular weight excluding hydrogens is 513 g/mol. The molecule has 1 aromatic heterocycles. The zero-order valence-corrected chi connectivity index (χ0v) is 21.7. The van der Waals surface area contributed by atoms with E-state index in [9.17, 15) is 13.2 Å². The maximum atomic E-state index is 15.7. The number of nitrogens with one attached hydrogen (secondary N) is 2. The van der Waals surface area contributed by atoms with Crippen molar-refractivity contribution in [3.05, 3.63) is 95.0 Å². The highest BCUT2D eigenvalue weighted by molar-refractivity contribution is 7.89. The minimum atomic E-state index is -4.20. The van der Waals surface area contributed by atoms with Crippen molar-refractivity contribution in [3.63, 3.8) is 0 Å². The molecule has 2 N–H and O–H groups in total. The summed E-state index contributed by atoms with van der Waals surface area (Å²) in [6.45, 7) is 2.27. The van der Waals surface area contributed by atoms with Crippen LogP contribution < -0.4 is 10.0 Å². The van der Waals surface area contributed by atoms with Gasteiger partial charge in [0.15, 0.2) is 0 Å². The molecule has 0 bridgehead atoms. The van der Waals surface area contributed by atoms with Gasteiger partial charge in [-0.1, -0.05) is 49.2 Å². The Kier molecular flexibility index (Phi) is 6.74. The van der Waals surface area contributed by atoms with Crippen molar-refractivity contribution in [2.24, 2.45) is 0 Å². The molecule has 1 atom stereocenters. The van der Waals surface area contributed by atoms with Gasteiger partial charge in [0.2, 0.25) is 15.9 Å². The summed E-state index contributed by atoms with van der Waals surface area (Å²) in [6.07, 6.45) is 5.19. The predicted molar refractivity (Wildman–Crippen MR) is 142 cm³/mol. The molecule has 0 saturated carbocycles. The molecule has 190 valence electrons. The number of hydrogen-bond acceptors (Lipinski definition) is 4. The highest BCUT2D eigenvalue weighted by Crippen LogP contribution is 2.36. The number of pyridine rings is 1. The van der Waals surface area contributed by atoms with Crippen LogP contribution in [0.15, 0.2) is 78.0 Å². The molecule has 2 heterocycles. The number of hydrogen-bond donors (Lipinski definition) is 2. The molecule has 5 rings (SSSR count). The van der Waals surface area contributed by atoms with Crippen LogP contribution in [0.5, 0.6) is 0 Å². The van der Waals surface area contributed by atoms with Gasteiger partial charge in [0.1, 0.15) is 11.4 Å². The van der Waals surface area contributed by atoms with Crippen LogP contribution in [-0.2, 0) is 26.8 Å². The van der Waals surface area contributed by atoms with Crippen molar-refractivity contribution in [2.75, 3.05) is 6.54 Å². The van der Waals surface area contributed by atoms with E-state index in [1.165, 1.54) is 24.3 Å². The van der Waals surface area contributed by atoms with Gasteiger partial charge in [-0.2, -0.15) is 4.72 Å². The highest BCUT2D eigenvalue weighted by Gasteiger charge is 2.48. The van der Waals surface area contributed by atoms with E-state index in [-0.39, 0.29) is 23.4 Å². The number of sulfonamides is 1. The number of fused-ring (bicyclic) bond motifs is 1. The van der Waals surface area contributed by atoms with Gasteiger partial charge in [-0.25, -0.2) is 12.8 Å². The number of halogens is 2. The predicted octanol–water partition coefficient (Wildman–Crippen LogP) is 5.34. The lowest BCUT2D eigenvalue weighted by Crippen LogP contribution is -2.51. The third kappa shape index (κ3) is 4.72. The van der Waals surface area contributed by atoms with Crippen LogP contribution in [0.2, 0.25) is 5.02 Å². The second kappa shape index (κ2) is 9.85. The quantitative estimate of drug-likeness (QED) is 0.333. The summed E-state index contributed by atoms with van der Waals surface area (Å²) >= 11 is 6.04. The van der Waals surface area contributed by atoms with Crippen LogP contribution in [0.4, 0.5) is 4.39 Å². The van der Waals surface area contributed by atoms with Crippen LogP contribution >= 0.6 is 11.6 Å². The van der Waals surface area contributed by atoms with E-state index in [0.29, 0.717) is 16.0 Å². The summed E-state index contributed by atoms with van der Waals surface area (Å²) < 4.78 is 45.2. The molecule has 1 saturated heterocycles. The van der Waals surface area contributed by atoms with Crippen LogP contribution in [0.3, 0.4) is 0 Å². The van der Waals surface area contributed by atoms with Gasteiger partial charge >= 0.3 is 0 Å². The summed E-state index contributed by atoms with van der Waals surface area (Å²) in [5.74, 6) is -1.26. The SMILES string of the molecule is CCCc1ccncc1-c1ccc([C@@]2(NS(=O)(=O)c3ccc4cc(Cl)ccc4c3)CCNC2=O)c(F)c1. The fourth-order valence-electron chi connectivity index (χ4n) is 4.89. The maximum absolute atomic E-state index is 15.7. The van der Waals surface area contributed by atoms with Crippen LogP contribution in [0.1, 0.15) is 30.9 Å². The normalized spacial score (nSPS) is 17.8. The molecule has 1 amide bonds. The van der Waals surface area contributed by atoms with Crippen molar-refractivity contribution in [2.45, 2.75) is 36.6 Å². The molecule has 37 heavy (non-hydrogen) atoms. The van der Waals surface area contributed by atoms with Gasteiger partial charge in [0.25, 0.3) is 0 Å². The van der Waals surface area contributed by atoms with E-state index in [1.54, 1.807) is 42.7 Å². The number of nitrogens with zero attached hydrogens (tertiary/aromatic N) is 1. The molecule has 9 heteroatoms. The Bertz CT molecular complexity index is 1630. The number of carbonyl (C=O) groups excluding carboxylic acids is 1. The fraction of sp³-hybridized carbons (Fsp3) is 0.214. The lowest BCUT2D eigenvalue weighted by atomic mass is 9.87. The molecule has 1 aliphatic heterocycles. The standard InChI is InChI=1S/C28H25ClFN3O3S/c1-2-3-18-10-12-31-17-24(18)21-6-9-25(26(30)16-21)28(11-13-32-27(28)34)33-37(35,36)23-8-5-19-14-22(29)7-4-20(19)15-23/h4-10,12,14-17,33H,2-3,11,13H2,1H3,(H,32,34)/t28-/m0/s1. The van der Waals surface area contributed by atoms with Crippen molar-refractivity contribution < 1.29 is 17.6 Å². The van der Waals surface area contributed by atoms with Gasteiger partial charge in [-0.3, -0.25) is 9.78 Å². The molecule has 4 aromatic rings. The van der Waals surface area contributed by atoms with E-state index in [0.717, 1.165) is 29.4 Å². The van der Waals surface area contributed by atoms with Gasteiger partial charge in [-0.15, -0.1) is 0 Å². The van der Waals surface area contributed by atoms with E-state index >= 15 is 4.39 Å². The molecule has 0 spiro atoms. The van der Waals surface area contributed by atoms with Crippen molar-refractivity contribution in [1.82, 2.24) is 15.0 Å². The van der Waals surface area contributed by atoms with Crippen molar-refractivity contribution in [1.29, 1.82) is 0 Å². The fourth-order valence-corrected chi connectivity index (χ4v) is 6.48. The van der Waals surface area contributed by atoms with E-state index in [2.05, 4.69) is 21.9 Å². The zero-order valence-electron chi connectivity index (χ0n) is 20.1. The monoisotopic (exact) mass is 537 g/mol. The number of amides is 1. The molecule has 3 aromatic carbocycles. The van der Waals surface area contributed by atoms with E-state index in [4.69, 9.17) is 11.6 Å². The lowest BCUT2D eigenvalue weighted by Gasteiger charge is -2.28. The van der Waals surface area contributed by atoms with E-state index < -0.39 is 27.3 Å². The minimum absolute atomic E-state index is 0.0247. The summed E-state index contributed by atoms with van der Waals surface area (Å²) in [5.41, 5.74) is 0.649. The second-order valence-corrected chi connectivity index (χ2v) is 11.3. The van der Waals surface area contributed by atoms with Crippen LogP contribution in [-0.4, -0.2) is 25.9 Å². The largest absolute Gasteiger partial charge is 0.354 e. The maximum Gasteiger partial charge on any atom is 0.246 e. The number of aromatic nitrogens is 1. The Balaban J connectivity index is 1.55. The first kappa shape index (κ1) is 25.3. The molecule has 0 radical (unpaired) electrons. The lowest BCUT2D eigenvalue weighted by molar-refractivity contribution is -0.124. The van der Waals surface area contributed by atoms with Gasteiger partial charge in [-0.05, 0) is 71.1 Å².